The van der Waals surface area contributed by atoms with Gasteiger partial charge in [0.25, 0.3) is 0 Å². The second kappa shape index (κ2) is 6.32. The molecule has 0 unspecified atom stereocenters. The predicted molar refractivity (Wildman–Crippen MR) is 95.9 cm³/mol. The molecule has 0 aliphatic carbocycles. The molecule has 0 atom stereocenters. The van der Waals surface area contributed by atoms with Gasteiger partial charge in [0.2, 0.25) is 0 Å². The quantitative estimate of drug-likeness (QED) is 0.675. The summed E-state index contributed by atoms with van der Waals surface area (Å²) in [5.41, 5.74) is 0.671. The first-order valence-corrected chi connectivity index (χ1v) is 8.52. The van der Waals surface area contributed by atoms with Gasteiger partial charge in [0.05, 0.1) is 16.2 Å². The van der Waals surface area contributed by atoms with Gasteiger partial charge >= 0.3 is 0 Å². The van der Waals surface area contributed by atoms with Gasteiger partial charge < -0.3 is 9.80 Å². The molecule has 4 rings (SSSR count). The molecule has 1 saturated heterocycles. The summed E-state index contributed by atoms with van der Waals surface area (Å²) in [6, 6.07) is 7.20. The predicted octanol–water partition coefficient (Wildman–Crippen LogP) is 3.25. The summed E-state index contributed by atoms with van der Waals surface area (Å²) in [4.78, 5) is 17.5. The van der Waals surface area contributed by atoms with Crippen molar-refractivity contribution in [2.45, 2.75) is 0 Å². The average molecular weight is 388 g/mol. The van der Waals surface area contributed by atoms with Crippen molar-refractivity contribution in [1.82, 2.24) is 15.0 Å². The lowest BCUT2D eigenvalue weighted by molar-refractivity contribution is 0.622. The second-order valence-corrected chi connectivity index (χ2v) is 6.52. The number of hydrogen-bond acceptors (Lipinski definition) is 5. The van der Waals surface area contributed by atoms with Crippen molar-refractivity contribution < 1.29 is 4.39 Å². The Morgan fingerprint density at radius 1 is 0.958 bits per heavy atom. The Hall–Kier alpha value is -2.28. The minimum absolute atomic E-state index is 0.292. The van der Waals surface area contributed by atoms with Crippen molar-refractivity contribution in [3.63, 3.8) is 0 Å². The Kier molecular flexibility index (Phi) is 4.02. The number of halogens is 2. The molecular formula is C17H15BrFN5. The van der Waals surface area contributed by atoms with Crippen LogP contribution in [0.5, 0.6) is 0 Å². The Morgan fingerprint density at radius 3 is 2.42 bits per heavy atom. The highest BCUT2D eigenvalue weighted by atomic mass is 79.9. The molecule has 2 aromatic heterocycles. The standard InChI is InChI=1S/C17H15BrFN5/c18-13-9-12-1-2-16(22-15(12)10-14(13)19)23-5-7-24(8-6-23)17-11-20-3-4-21-17/h1-4,9-11H,5-8H2. The van der Waals surface area contributed by atoms with Crippen LogP contribution in [0.4, 0.5) is 16.0 Å². The lowest BCUT2D eigenvalue weighted by atomic mass is 10.2. The van der Waals surface area contributed by atoms with Crippen molar-refractivity contribution in [2.24, 2.45) is 0 Å². The van der Waals surface area contributed by atoms with E-state index in [-0.39, 0.29) is 5.82 Å². The van der Waals surface area contributed by atoms with Crippen molar-refractivity contribution in [3.05, 3.63) is 53.1 Å². The SMILES string of the molecule is Fc1cc2nc(N3CCN(c4cnccn4)CC3)ccc2cc1Br. The Bertz CT molecular complexity index is 865. The fourth-order valence-corrected chi connectivity index (χ4v) is 3.26. The van der Waals surface area contributed by atoms with Crippen LogP contribution in [-0.4, -0.2) is 41.1 Å². The van der Waals surface area contributed by atoms with Crippen LogP contribution in [0.15, 0.2) is 47.3 Å². The maximum Gasteiger partial charge on any atom is 0.147 e. The van der Waals surface area contributed by atoms with E-state index in [2.05, 4.69) is 40.7 Å². The molecule has 0 saturated carbocycles. The average Bonchev–Trinajstić information content (AvgIpc) is 2.63. The molecule has 0 amide bonds. The topological polar surface area (TPSA) is 45.2 Å². The number of benzene rings is 1. The molecule has 1 aromatic carbocycles. The van der Waals surface area contributed by atoms with Crippen LogP contribution < -0.4 is 9.80 Å². The normalized spacial score (nSPS) is 15.1. The summed E-state index contributed by atoms with van der Waals surface area (Å²) in [7, 11) is 0. The summed E-state index contributed by atoms with van der Waals surface area (Å²) in [6.45, 7) is 3.39. The maximum atomic E-state index is 13.7. The summed E-state index contributed by atoms with van der Waals surface area (Å²) >= 11 is 3.21. The zero-order chi connectivity index (χ0) is 16.5. The number of rotatable bonds is 2. The molecule has 122 valence electrons. The molecule has 1 aliphatic rings. The fraction of sp³-hybridized carbons (Fsp3) is 0.235. The van der Waals surface area contributed by atoms with Gasteiger partial charge in [0.1, 0.15) is 17.5 Å². The van der Waals surface area contributed by atoms with Crippen molar-refractivity contribution >= 4 is 38.5 Å². The molecular weight excluding hydrogens is 373 g/mol. The number of fused-ring (bicyclic) bond motifs is 1. The van der Waals surface area contributed by atoms with Gasteiger partial charge in [0, 0.05) is 50.0 Å². The van der Waals surface area contributed by atoms with Crippen LogP contribution in [0.3, 0.4) is 0 Å². The van der Waals surface area contributed by atoms with E-state index < -0.39 is 0 Å². The Labute approximate surface area is 147 Å². The monoisotopic (exact) mass is 387 g/mol. The number of hydrogen-bond donors (Lipinski definition) is 0. The molecule has 3 aromatic rings. The van der Waals surface area contributed by atoms with Crippen LogP contribution in [0.2, 0.25) is 0 Å². The van der Waals surface area contributed by atoms with Crippen molar-refractivity contribution in [3.8, 4) is 0 Å². The van der Waals surface area contributed by atoms with Gasteiger partial charge in [-0.15, -0.1) is 0 Å². The van der Waals surface area contributed by atoms with Gasteiger partial charge in [0.15, 0.2) is 0 Å². The third kappa shape index (κ3) is 2.91. The second-order valence-electron chi connectivity index (χ2n) is 5.67. The first-order valence-electron chi connectivity index (χ1n) is 7.72. The molecule has 3 heterocycles. The largest absolute Gasteiger partial charge is 0.353 e. The van der Waals surface area contributed by atoms with Gasteiger partial charge in [-0.25, -0.2) is 14.4 Å². The van der Waals surface area contributed by atoms with E-state index in [0.29, 0.717) is 9.99 Å². The van der Waals surface area contributed by atoms with E-state index in [0.717, 1.165) is 43.2 Å². The number of piperazine rings is 1. The van der Waals surface area contributed by atoms with Gasteiger partial charge in [-0.1, -0.05) is 0 Å². The van der Waals surface area contributed by atoms with E-state index in [1.54, 1.807) is 24.7 Å². The lowest BCUT2D eigenvalue weighted by Gasteiger charge is -2.35. The molecule has 0 N–H and O–H groups in total. The third-order valence-corrected chi connectivity index (χ3v) is 4.80. The van der Waals surface area contributed by atoms with Gasteiger partial charge in [-0.05, 0) is 34.1 Å². The van der Waals surface area contributed by atoms with Gasteiger partial charge in [-0.3, -0.25) is 4.98 Å². The molecule has 5 nitrogen and oxygen atoms in total. The minimum Gasteiger partial charge on any atom is -0.353 e. The highest BCUT2D eigenvalue weighted by Crippen LogP contribution is 2.25. The van der Waals surface area contributed by atoms with Crippen molar-refractivity contribution in [2.75, 3.05) is 36.0 Å². The molecule has 24 heavy (non-hydrogen) atoms. The van der Waals surface area contributed by atoms with E-state index in [1.165, 1.54) is 6.07 Å². The van der Waals surface area contributed by atoms with Crippen LogP contribution in [0.1, 0.15) is 0 Å². The van der Waals surface area contributed by atoms with Crippen LogP contribution in [0.25, 0.3) is 10.9 Å². The maximum absolute atomic E-state index is 13.7. The summed E-state index contributed by atoms with van der Waals surface area (Å²) in [6.07, 6.45) is 5.17. The van der Waals surface area contributed by atoms with Gasteiger partial charge in [-0.2, -0.15) is 0 Å². The molecule has 1 fully saturated rings. The van der Waals surface area contributed by atoms with Crippen LogP contribution >= 0.6 is 15.9 Å². The van der Waals surface area contributed by atoms with E-state index in [4.69, 9.17) is 0 Å². The number of aromatic nitrogens is 3. The Balaban J connectivity index is 1.53. The highest BCUT2D eigenvalue weighted by molar-refractivity contribution is 9.10. The number of nitrogens with zero attached hydrogens (tertiary/aromatic N) is 5. The number of pyridine rings is 1. The molecule has 7 heteroatoms. The zero-order valence-corrected chi connectivity index (χ0v) is 14.4. The first-order chi connectivity index (χ1) is 11.7. The minimum atomic E-state index is -0.292. The van der Waals surface area contributed by atoms with Crippen molar-refractivity contribution in [1.29, 1.82) is 0 Å². The van der Waals surface area contributed by atoms with E-state index >= 15 is 0 Å². The smallest absolute Gasteiger partial charge is 0.147 e. The molecule has 0 spiro atoms. The van der Waals surface area contributed by atoms with E-state index in [9.17, 15) is 4.39 Å². The molecule has 0 radical (unpaired) electrons. The summed E-state index contributed by atoms with van der Waals surface area (Å²) in [5.74, 6) is 1.48. The summed E-state index contributed by atoms with van der Waals surface area (Å²) < 4.78 is 14.2. The lowest BCUT2D eigenvalue weighted by Crippen LogP contribution is -2.47. The highest BCUT2D eigenvalue weighted by Gasteiger charge is 2.19. The number of anilines is 2. The van der Waals surface area contributed by atoms with Crippen LogP contribution in [0, 0.1) is 5.82 Å². The van der Waals surface area contributed by atoms with Crippen LogP contribution in [-0.2, 0) is 0 Å². The fourth-order valence-electron chi connectivity index (χ4n) is 2.90. The summed E-state index contributed by atoms with van der Waals surface area (Å²) in [5, 5.41) is 0.922. The zero-order valence-electron chi connectivity index (χ0n) is 12.9. The van der Waals surface area contributed by atoms with E-state index in [1.807, 2.05) is 12.1 Å². The first kappa shape index (κ1) is 15.3. The molecule has 1 aliphatic heterocycles. The Morgan fingerprint density at radius 2 is 1.71 bits per heavy atom. The third-order valence-electron chi connectivity index (χ3n) is 4.19. The molecule has 0 bridgehead atoms.